The number of benzene rings is 3. The molecule has 3 aromatic carbocycles. The van der Waals surface area contributed by atoms with Gasteiger partial charge in [0.2, 0.25) is 5.91 Å². The first-order valence-corrected chi connectivity index (χ1v) is 20.2. The molecule has 1 atom stereocenters. The number of aromatic nitrogens is 2. The molecule has 5 aromatic rings. The van der Waals surface area contributed by atoms with Crippen molar-refractivity contribution in [3.63, 3.8) is 0 Å². The summed E-state index contributed by atoms with van der Waals surface area (Å²) >= 11 is 0. The number of aliphatic imine (C=N–C) groups is 1. The third-order valence-corrected chi connectivity index (χ3v) is 10.3. The van der Waals surface area contributed by atoms with Gasteiger partial charge in [0.1, 0.15) is 5.69 Å². The standard InChI is InChI=1S/C24H28N4O5.C22H26N4O/c1-27-14-16(10-18(27)15-29)26-23(30)7-5-9-33-22-12-20-19(11-21(22)32-2)24(31)28-8-4-3-6-17(28)13-25-20;1-15(2)24-19-9-11-20(12-10-19)25-22(27)21-13-17(14-26(21)4)16-5-7-18(23-3)8-6-16/h10-15,17H,3-9H2,1-2H3,(H,26,30);5-15,23-24H,1-4H3,(H,25,27). The van der Waals surface area contributed by atoms with E-state index >= 15 is 0 Å². The van der Waals surface area contributed by atoms with E-state index in [0.717, 1.165) is 60.3 Å². The zero-order valence-corrected chi connectivity index (χ0v) is 35.1. The van der Waals surface area contributed by atoms with E-state index in [9.17, 15) is 19.2 Å². The average Bonchev–Trinajstić information content (AvgIpc) is 3.78. The molecule has 0 spiro atoms. The summed E-state index contributed by atoms with van der Waals surface area (Å²) in [5.41, 5.74) is 7.72. The predicted molar refractivity (Wildman–Crippen MR) is 238 cm³/mol. The molecule has 7 rings (SSSR count). The molecule has 0 aliphatic carbocycles. The van der Waals surface area contributed by atoms with E-state index in [-0.39, 0.29) is 30.2 Å². The van der Waals surface area contributed by atoms with Crippen molar-refractivity contribution in [1.82, 2.24) is 14.0 Å². The van der Waals surface area contributed by atoms with Crippen molar-refractivity contribution in [3.8, 4) is 22.6 Å². The predicted octanol–water partition coefficient (Wildman–Crippen LogP) is 8.16. The van der Waals surface area contributed by atoms with Crippen LogP contribution >= 0.6 is 0 Å². The first-order valence-electron chi connectivity index (χ1n) is 20.2. The van der Waals surface area contributed by atoms with Gasteiger partial charge in [0.15, 0.2) is 17.8 Å². The number of hydrogen-bond acceptors (Lipinski definition) is 9. The van der Waals surface area contributed by atoms with Gasteiger partial charge >= 0.3 is 0 Å². The van der Waals surface area contributed by atoms with E-state index in [0.29, 0.717) is 58.9 Å². The Hall–Kier alpha value is -6.83. The molecule has 0 bridgehead atoms. The fraction of sp³-hybridized carbons (Fsp3) is 0.326. The molecule has 2 aliphatic rings. The van der Waals surface area contributed by atoms with Gasteiger partial charge in [-0.3, -0.25) is 24.2 Å². The second-order valence-corrected chi connectivity index (χ2v) is 15.1. The van der Waals surface area contributed by atoms with Gasteiger partial charge in [-0.15, -0.1) is 0 Å². The molecular formula is C46H54N8O6. The Morgan fingerprint density at radius 2 is 1.60 bits per heavy atom. The summed E-state index contributed by atoms with van der Waals surface area (Å²) in [5, 5.41) is 12.2. The highest BCUT2D eigenvalue weighted by Crippen LogP contribution is 2.38. The van der Waals surface area contributed by atoms with Crippen LogP contribution in [0.2, 0.25) is 0 Å². The Balaban J connectivity index is 0.000000205. The summed E-state index contributed by atoms with van der Waals surface area (Å²) in [5.74, 6) is 0.623. The summed E-state index contributed by atoms with van der Waals surface area (Å²) in [6, 6.07) is 23.2. The Labute approximate surface area is 351 Å². The Bertz CT molecular complexity index is 2330. The molecule has 4 heterocycles. The van der Waals surface area contributed by atoms with Gasteiger partial charge in [-0.1, -0.05) is 12.1 Å². The van der Waals surface area contributed by atoms with Crippen molar-refractivity contribution in [3.05, 3.63) is 102 Å². The van der Waals surface area contributed by atoms with Crippen molar-refractivity contribution in [2.45, 2.75) is 58.0 Å². The normalized spacial score (nSPS) is 14.2. The second kappa shape index (κ2) is 19.7. The molecule has 3 amide bonds. The minimum Gasteiger partial charge on any atom is -0.493 e. The van der Waals surface area contributed by atoms with Gasteiger partial charge in [0, 0.05) is 87.5 Å². The third kappa shape index (κ3) is 10.6. The first kappa shape index (κ1) is 42.8. The monoisotopic (exact) mass is 814 g/mol. The Morgan fingerprint density at radius 1 is 0.867 bits per heavy atom. The summed E-state index contributed by atoms with van der Waals surface area (Å²) in [6.07, 6.45) is 9.99. The molecule has 14 nitrogen and oxygen atoms in total. The molecule has 1 saturated heterocycles. The molecule has 1 unspecified atom stereocenters. The van der Waals surface area contributed by atoms with Crippen LogP contribution in [0.1, 0.15) is 77.3 Å². The number of carbonyl (C=O) groups excluding carboxylic acids is 4. The summed E-state index contributed by atoms with van der Waals surface area (Å²) in [4.78, 5) is 55.3. The van der Waals surface area contributed by atoms with Crippen LogP contribution in [-0.2, 0) is 18.9 Å². The lowest BCUT2D eigenvalue weighted by Crippen LogP contribution is -2.43. The quantitative estimate of drug-likeness (QED) is 0.0646. The fourth-order valence-corrected chi connectivity index (χ4v) is 7.15. The molecule has 4 N–H and O–H groups in total. The number of piperidine rings is 1. The van der Waals surface area contributed by atoms with E-state index in [4.69, 9.17) is 9.47 Å². The van der Waals surface area contributed by atoms with Crippen LogP contribution in [0, 0.1) is 0 Å². The molecule has 14 heteroatoms. The highest BCUT2D eigenvalue weighted by molar-refractivity contribution is 6.04. The van der Waals surface area contributed by atoms with Gasteiger partial charge in [-0.25, -0.2) is 0 Å². The lowest BCUT2D eigenvalue weighted by atomic mass is 10.0. The van der Waals surface area contributed by atoms with Crippen molar-refractivity contribution >= 4 is 58.7 Å². The highest BCUT2D eigenvalue weighted by Gasteiger charge is 2.31. The van der Waals surface area contributed by atoms with Gasteiger partial charge in [-0.2, -0.15) is 0 Å². The van der Waals surface area contributed by atoms with Crippen LogP contribution in [0.5, 0.6) is 11.5 Å². The number of ether oxygens (including phenoxy) is 2. The van der Waals surface area contributed by atoms with Crippen molar-refractivity contribution in [1.29, 1.82) is 0 Å². The van der Waals surface area contributed by atoms with Gasteiger partial charge < -0.3 is 44.8 Å². The minimum absolute atomic E-state index is 0.0275. The zero-order valence-electron chi connectivity index (χ0n) is 35.1. The molecule has 0 saturated carbocycles. The number of methoxy groups -OCH3 is 1. The molecular weight excluding hydrogens is 761 g/mol. The summed E-state index contributed by atoms with van der Waals surface area (Å²) < 4.78 is 14.8. The fourth-order valence-electron chi connectivity index (χ4n) is 7.15. The van der Waals surface area contributed by atoms with E-state index in [2.05, 4.69) is 40.1 Å². The highest BCUT2D eigenvalue weighted by atomic mass is 16.5. The zero-order chi connectivity index (χ0) is 42.8. The number of aldehydes is 1. The lowest BCUT2D eigenvalue weighted by Gasteiger charge is -2.32. The summed E-state index contributed by atoms with van der Waals surface area (Å²) in [6.45, 7) is 5.21. The van der Waals surface area contributed by atoms with Crippen molar-refractivity contribution < 1.29 is 28.7 Å². The van der Waals surface area contributed by atoms with E-state index in [1.54, 1.807) is 36.0 Å². The molecule has 314 valence electrons. The molecule has 2 aromatic heterocycles. The van der Waals surface area contributed by atoms with Gasteiger partial charge in [0.25, 0.3) is 11.8 Å². The molecule has 2 aliphatic heterocycles. The van der Waals surface area contributed by atoms with E-state index in [1.165, 1.54) is 7.11 Å². The van der Waals surface area contributed by atoms with Crippen LogP contribution < -0.4 is 30.7 Å². The van der Waals surface area contributed by atoms with Crippen molar-refractivity contribution in [2.75, 3.05) is 48.6 Å². The van der Waals surface area contributed by atoms with E-state index in [1.807, 2.05) is 90.6 Å². The molecule has 1 fully saturated rings. The number of fused-ring (bicyclic) bond motifs is 2. The molecule has 60 heavy (non-hydrogen) atoms. The van der Waals surface area contributed by atoms with Crippen molar-refractivity contribution in [2.24, 2.45) is 19.1 Å². The number of aryl methyl sites for hydroxylation is 2. The number of carbonyl (C=O) groups is 4. The van der Waals surface area contributed by atoms with Gasteiger partial charge in [-0.05, 0) is 99.7 Å². The largest absolute Gasteiger partial charge is 0.493 e. The van der Waals surface area contributed by atoms with Crippen LogP contribution in [0.25, 0.3) is 11.1 Å². The number of anilines is 4. The Morgan fingerprint density at radius 3 is 2.28 bits per heavy atom. The maximum absolute atomic E-state index is 13.1. The van der Waals surface area contributed by atoms with E-state index < -0.39 is 0 Å². The van der Waals surface area contributed by atoms with Crippen LogP contribution in [0.15, 0.2) is 90.2 Å². The number of amides is 3. The number of nitrogens with zero attached hydrogens (tertiary/aromatic N) is 4. The van der Waals surface area contributed by atoms with Crippen LogP contribution in [0.4, 0.5) is 28.4 Å². The second-order valence-electron chi connectivity index (χ2n) is 15.1. The smallest absolute Gasteiger partial charge is 0.272 e. The number of hydrogen-bond donors (Lipinski definition) is 4. The van der Waals surface area contributed by atoms with Crippen LogP contribution in [-0.4, -0.2) is 83.6 Å². The first-order chi connectivity index (χ1) is 29.0. The third-order valence-electron chi connectivity index (χ3n) is 10.3. The number of rotatable bonds is 14. The Kier molecular flexibility index (Phi) is 14.1. The molecule has 0 radical (unpaired) electrons. The lowest BCUT2D eigenvalue weighted by molar-refractivity contribution is -0.116. The minimum atomic E-state index is -0.164. The SMILES string of the molecule is CNc1ccc(-c2cc(C(=O)Nc3ccc(NC(C)C)cc3)n(C)c2)cc1.COc1cc2c(cc1OCCCC(=O)Nc1cc(C=O)n(C)c1)N=CC1CCCCN1C2=O. The maximum Gasteiger partial charge on any atom is 0.272 e. The summed E-state index contributed by atoms with van der Waals surface area (Å²) in [7, 11) is 7.05. The average molecular weight is 815 g/mol. The number of nitrogens with one attached hydrogen (secondary N) is 4. The topological polar surface area (TPSA) is 160 Å². The van der Waals surface area contributed by atoms with Gasteiger partial charge in [0.05, 0.1) is 42.4 Å². The van der Waals surface area contributed by atoms with Crippen LogP contribution in [0.3, 0.4) is 0 Å². The maximum atomic E-state index is 13.1.